The van der Waals surface area contributed by atoms with Gasteiger partial charge in [0.25, 0.3) is 11.4 Å². The number of hydrogen-bond donors (Lipinski definition) is 1. The second-order valence-corrected chi connectivity index (χ2v) is 5.54. The van der Waals surface area contributed by atoms with E-state index in [1.165, 1.54) is 23.7 Å². The maximum Gasteiger partial charge on any atom is 0.267 e. The molecule has 0 radical (unpaired) electrons. The van der Waals surface area contributed by atoms with Crippen molar-refractivity contribution in [1.82, 2.24) is 14.7 Å². The molecule has 7 heteroatoms. The van der Waals surface area contributed by atoms with Crippen molar-refractivity contribution < 1.29 is 14.0 Å². The highest BCUT2D eigenvalue weighted by Gasteiger charge is 2.22. The molecule has 0 saturated carbocycles. The summed E-state index contributed by atoms with van der Waals surface area (Å²) in [6.45, 7) is 0. The molecule has 0 saturated heterocycles. The van der Waals surface area contributed by atoms with Crippen molar-refractivity contribution >= 4 is 10.9 Å². The summed E-state index contributed by atoms with van der Waals surface area (Å²) in [5.41, 5.74) is 0.436. The van der Waals surface area contributed by atoms with Crippen LogP contribution in [0.15, 0.2) is 57.8 Å². The predicted octanol–water partition coefficient (Wildman–Crippen LogP) is 3.10. The number of rotatable bonds is 2. The van der Waals surface area contributed by atoms with E-state index >= 15 is 0 Å². The van der Waals surface area contributed by atoms with Gasteiger partial charge in [-0.1, -0.05) is 35.5 Å². The zero-order valence-electron chi connectivity index (χ0n) is 13.1. The van der Waals surface area contributed by atoms with E-state index in [1.54, 1.807) is 12.1 Å². The van der Waals surface area contributed by atoms with Gasteiger partial charge in [0, 0.05) is 18.0 Å². The molecular weight excluding hydrogens is 325 g/mol. The Bertz CT molecular complexity index is 1150. The Morgan fingerprint density at radius 3 is 2.68 bits per heavy atom. The monoisotopic (exact) mass is 337 g/mol. The van der Waals surface area contributed by atoms with Gasteiger partial charge in [-0.25, -0.2) is 4.39 Å². The van der Waals surface area contributed by atoms with Gasteiger partial charge in [0.05, 0.1) is 5.52 Å². The Morgan fingerprint density at radius 1 is 1.16 bits per heavy atom. The Hall–Kier alpha value is -3.48. The smallest absolute Gasteiger partial charge is 0.267 e. The highest BCUT2D eigenvalue weighted by atomic mass is 19.1. The number of aryl methyl sites for hydroxylation is 1. The SMILES string of the molecule is Cn1c(=O)c(-c2nc(-c3ccccc3)no2)c(O)c2cc(F)ccc21. The van der Waals surface area contributed by atoms with Gasteiger partial charge in [0.15, 0.2) is 0 Å². The zero-order chi connectivity index (χ0) is 17.6. The van der Waals surface area contributed by atoms with Crippen LogP contribution in [0, 0.1) is 5.82 Å². The molecule has 0 amide bonds. The molecule has 0 spiro atoms. The van der Waals surface area contributed by atoms with Gasteiger partial charge >= 0.3 is 0 Å². The van der Waals surface area contributed by atoms with Crippen molar-refractivity contribution in [2.45, 2.75) is 0 Å². The van der Waals surface area contributed by atoms with Crippen LogP contribution in [0.5, 0.6) is 5.75 Å². The molecule has 2 aromatic heterocycles. The molecule has 1 N–H and O–H groups in total. The fourth-order valence-electron chi connectivity index (χ4n) is 2.73. The molecule has 25 heavy (non-hydrogen) atoms. The number of halogens is 1. The first-order valence-electron chi connectivity index (χ1n) is 7.47. The number of pyridine rings is 1. The first kappa shape index (κ1) is 15.1. The first-order chi connectivity index (χ1) is 12.1. The minimum absolute atomic E-state index is 0.122. The standard InChI is InChI=1S/C18H12FN3O3/c1-22-13-8-7-11(19)9-12(13)15(23)14(18(22)24)17-20-16(21-25-17)10-5-3-2-4-6-10/h2-9,23H,1H3. The predicted molar refractivity (Wildman–Crippen MR) is 89.5 cm³/mol. The summed E-state index contributed by atoms with van der Waals surface area (Å²) in [7, 11) is 1.53. The van der Waals surface area contributed by atoms with Crippen molar-refractivity contribution in [3.05, 3.63) is 64.7 Å². The molecule has 124 valence electrons. The largest absolute Gasteiger partial charge is 0.506 e. The molecular formula is C18H12FN3O3. The fraction of sp³-hybridized carbons (Fsp3) is 0.0556. The topological polar surface area (TPSA) is 81.2 Å². The van der Waals surface area contributed by atoms with Crippen molar-refractivity contribution in [2.75, 3.05) is 0 Å². The fourth-order valence-corrected chi connectivity index (χ4v) is 2.73. The van der Waals surface area contributed by atoms with Gasteiger partial charge in [0.2, 0.25) is 5.82 Å². The number of nitrogens with zero attached hydrogens (tertiary/aromatic N) is 3. The van der Waals surface area contributed by atoms with E-state index in [9.17, 15) is 14.3 Å². The average molecular weight is 337 g/mol. The lowest BCUT2D eigenvalue weighted by Crippen LogP contribution is -2.19. The van der Waals surface area contributed by atoms with Gasteiger partial charge in [-0.3, -0.25) is 4.79 Å². The normalized spacial score (nSPS) is 11.1. The van der Waals surface area contributed by atoms with Crippen LogP contribution in [0.4, 0.5) is 4.39 Å². The third-order valence-corrected chi connectivity index (χ3v) is 4.00. The first-order valence-corrected chi connectivity index (χ1v) is 7.47. The van der Waals surface area contributed by atoms with E-state index in [1.807, 2.05) is 18.2 Å². The summed E-state index contributed by atoms with van der Waals surface area (Å²) in [4.78, 5) is 16.8. The molecule has 0 atom stereocenters. The van der Waals surface area contributed by atoms with Crippen LogP contribution >= 0.6 is 0 Å². The van der Waals surface area contributed by atoms with Gasteiger partial charge in [0.1, 0.15) is 17.1 Å². The lowest BCUT2D eigenvalue weighted by atomic mass is 10.1. The van der Waals surface area contributed by atoms with Crippen LogP contribution in [0.25, 0.3) is 33.7 Å². The molecule has 0 aliphatic heterocycles. The summed E-state index contributed by atoms with van der Waals surface area (Å²) < 4.78 is 20.0. The molecule has 0 bridgehead atoms. The van der Waals surface area contributed by atoms with Crippen LogP contribution in [0.2, 0.25) is 0 Å². The van der Waals surface area contributed by atoms with Gasteiger partial charge in [-0.2, -0.15) is 4.98 Å². The molecule has 0 aliphatic carbocycles. The minimum Gasteiger partial charge on any atom is -0.506 e. The third-order valence-electron chi connectivity index (χ3n) is 4.00. The molecule has 4 aromatic rings. The van der Waals surface area contributed by atoms with Gasteiger partial charge in [-0.15, -0.1) is 0 Å². The Balaban J connectivity index is 1.96. The van der Waals surface area contributed by atoms with Crippen molar-refractivity contribution in [3.63, 3.8) is 0 Å². The second kappa shape index (κ2) is 5.55. The number of fused-ring (bicyclic) bond motifs is 1. The van der Waals surface area contributed by atoms with Crippen LogP contribution in [0.1, 0.15) is 0 Å². The van der Waals surface area contributed by atoms with E-state index in [4.69, 9.17) is 4.52 Å². The maximum absolute atomic E-state index is 13.6. The zero-order valence-corrected chi connectivity index (χ0v) is 13.1. The number of hydrogen-bond acceptors (Lipinski definition) is 5. The molecule has 2 heterocycles. The third kappa shape index (κ3) is 2.37. The Labute approximate surface area is 140 Å². The second-order valence-electron chi connectivity index (χ2n) is 5.54. The van der Waals surface area contributed by atoms with Crippen LogP contribution in [0.3, 0.4) is 0 Å². The molecule has 0 fully saturated rings. The molecule has 2 aromatic carbocycles. The number of aromatic hydroxyl groups is 1. The van der Waals surface area contributed by atoms with Crippen LogP contribution in [-0.2, 0) is 7.05 Å². The van der Waals surface area contributed by atoms with Crippen LogP contribution < -0.4 is 5.56 Å². The summed E-state index contributed by atoms with van der Waals surface area (Å²) in [5.74, 6) is -0.747. The minimum atomic E-state index is -0.525. The highest BCUT2D eigenvalue weighted by molar-refractivity contribution is 5.91. The van der Waals surface area contributed by atoms with E-state index in [0.717, 1.165) is 6.07 Å². The van der Waals surface area contributed by atoms with E-state index in [-0.39, 0.29) is 28.4 Å². The van der Waals surface area contributed by atoms with E-state index in [2.05, 4.69) is 10.1 Å². The van der Waals surface area contributed by atoms with E-state index in [0.29, 0.717) is 11.1 Å². The molecule has 0 unspecified atom stereocenters. The highest BCUT2D eigenvalue weighted by Crippen LogP contribution is 2.33. The summed E-state index contributed by atoms with van der Waals surface area (Å²) in [5, 5.41) is 14.5. The van der Waals surface area contributed by atoms with Gasteiger partial charge < -0.3 is 14.2 Å². The lowest BCUT2D eigenvalue weighted by Gasteiger charge is -2.09. The summed E-state index contributed by atoms with van der Waals surface area (Å²) in [6.07, 6.45) is 0. The van der Waals surface area contributed by atoms with Crippen molar-refractivity contribution in [1.29, 1.82) is 0 Å². The van der Waals surface area contributed by atoms with Crippen LogP contribution in [-0.4, -0.2) is 19.8 Å². The quantitative estimate of drug-likeness (QED) is 0.608. The van der Waals surface area contributed by atoms with Gasteiger partial charge in [-0.05, 0) is 18.2 Å². The Kier molecular flexibility index (Phi) is 3.35. The molecule has 0 aliphatic rings. The lowest BCUT2D eigenvalue weighted by molar-refractivity contribution is 0.425. The maximum atomic E-state index is 13.6. The number of aromatic nitrogens is 3. The average Bonchev–Trinajstić information content (AvgIpc) is 3.10. The summed E-state index contributed by atoms with van der Waals surface area (Å²) in [6, 6.07) is 12.9. The molecule has 4 rings (SSSR count). The molecule has 6 nitrogen and oxygen atoms in total. The van der Waals surface area contributed by atoms with Crippen molar-refractivity contribution in [3.8, 4) is 28.6 Å². The van der Waals surface area contributed by atoms with Crippen molar-refractivity contribution in [2.24, 2.45) is 7.05 Å². The summed E-state index contributed by atoms with van der Waals surface area (Å²) >= 11 is 0. The number of benzene rings is 2. The Morgan fingerprint density at radius 2 is 1.92 bits per heavy atom. The van der Waals surface area contributed by atoms with E-state index < -0.39 is 11.4 Å².